The Morgan fingerprint density at radius 1 is 1.29 bits per heavy atom. The average molecular weight is 413 g/mol. The smallest absolute Gasteiger partial charge is 0.363 e. The second-order valence-corrected chi connectivity index (χ2v) is 5.91. The molecule has 106 valence electrons. The number of rotatable bonds is 2. The normalized spacial score (nSPS) is 16.2. The number of hydrogen-bond acceptors (Lipinski definition) is 5. The van der Waals surface area contributed by atoms with Gasteiger partial charge in [0.05, 0.1) is 10.7 Å². The molecule has 1 aromatic heterocycles. The van der Waals surface area contributed by atoms with Gasteiger partial charge in [0.15, 0.2) is 11.5 Å². The van der Waals surface area contributed by atoms with Gasteiger partial charge in [0, 0.05) is 10.0 Å². The fraction of sp³-hybridized carbons (Fsp3) is 0. The third-order valence-electron chi connectivity index (χ3n) is 2.70. The molecule has 2 aromatic rings. The molecule has 5 nitrogen and oxygen atoms in total. The number of esters is 1. The Bertz CT molecular complexity index is 779. The summed E-state index contributed by atoms with van der Waals surface area (Å²) in [4.78, 5) is 15.9. The van der Waals surface area contributed by atoms with Crippen LogP contribution in [0.4, 0.5) is 0 Å². The van der Waals surface area contributed by atoms with E-state index in [2.05, 4.69) is 36.9 Å². The Morgan fingerprint density at radius 2 is 2.10 bits per heavy atom. The average Bonchev–Trinajstić information content (AvgIpc) is 3.06. The highest BCUT2D eigenvalue weighted by atomic mass is 79.9. The maximum Gasteiger partial charge on any atom is 0.363 e. The molecule has 0 bridgehead atoms. The van der Waals surface area contributed by atoms with Crippen LogP contribution in [0, 0.1) is 0 Å². The molecule has 0 fully saturated rings. The number of hydrogen-bond donors (Lipinski definition) is 1. The number of carbonyl (C=O) groups excluding carboxylic acids is 1. The summed E-state index contributed by atoms with van der Waals surface area (Å²) in [7, 11) is 0. The summed E-state index contributed by atoms with van der Waals surface area (Å²) < 4.78 is 11.4. The van der Waals surface area contributed by atoms with Gasteiger partial charge in [0.25, 0.3) is 5.90 Å². The molecule has 3 rings (SSSR count). The van der Waals surface area contributed by atoms with E-state index in [4.69, 9.17) is 9.15 Å². The van der Waals surface area contributed by atoms with Crippen molar-refractivity contribution in [2.45, 2.75) is 0 Å². The van der Waals surface area contributed by atoms with Crippen LogP contribution in [0.3, 0.4) is 0 Å². The number of furan rings is 1. The Hall–Kier alpha value is -1.86. The van der Waals surface area contributed by atoms with E-state index in [1.807, 2.05) is 0 Å². The highest BCUT2D eigenvalue weighted by molar-refractivity contribution is 9.11. The van der Waals surface area contributed by atoms with Crippen LogP contribution in [0.2, 0.25) is 0 Å². The SMILES string of the molecule is O=C1OC(c2ccco2)=N/C1=C/c1cc(Br)cc(Br)c1O. The van der Waals surface area contributed by atoms with E-state index in [0.29, 0.717) is 15.8 Å². The summed E-state index contributed by atoms with van der Waals surface area (Å²) in [5, 5.41) is 9.99. The molecule has 0 atom stereocenters. The van der Waals surface area contributed by atoms with Gasteiger partial charge in [-0.15, -0.1) is 0 Å². The Kier molecular flexibility index (Phi) is 3.69. The lowest BCUT2D eigenvalue weighted by molar-refractivity contribution is -0.130. The van der Waals surface area contributed by atoms with Crippen LogP contribution >= 0.6 is 31.9 Å². The predicted octanol–water partition coefficient (Wildman–Crippen LogP) is 3.85. The second kappa shape index (κ2) is 5.50. The van der Waals surface area contributed by atoms with Gasteiger partial charge >= 0.3 is 5.97 Å². The van der Waals surface area contributed by atoms with Gasteiger partial charge in [0.1, 0.15) is 5.75 Å². The molecule has 0 saturated heterocycles. The molecule has 1 aromatic carbocycles. The minimum absolute atomic E-state index is 0.0140. The minimum atomic E-state index is -0.600. The van der Waals surface area contributed by atoms with Gasteiger partial charge in [-0.25, -0.2) is 9.79 Å². The number of aliphatic imine (C=N–C) groups is 1. The van der Waals surface area contributed by atoms with Crippen molar-refractivity contribution in [2.24, 2.45) is 4.99 Å². The summed E-state index contributed by atoms with van der Waals surface area (Å²) in [5.41, 5.74) is 0.523. The van der Waals surface area contributed by atoms with Crippen molar-refractivity contribution in [1.29, 1.82) is 0 Å². The van der Waals surface area contributed by atoms with E-state index in [9.17, 15) is 9.90 Å². The second-order valence-electron chi connectivity index (χ2n) is 4.14. The molecule has 0 spiro atoms. The van der Waals surface area contributed by atoms with Gasteiger partial charge in [0.2, 0.25) is 0 Å². The largest absolute Gasteiger partial charge is 0.506 e. The fourth-order valence-corrected chi connectivity index (χ4v) is 3.02. The molecule has 2 heterocycles. The third-order valence-corrected chi connectivity index (χ3v) is 3.76. The Balaban J connectivity index is 2.02. The molecule has 1 aliphatic rings. The molecule has 0 aliphatic carbocycles. The molecule has 7 heteroatoms. The quantitative estimate of drug-likeness (QED) is 0.600. The van der Waals surface area contributed by atoms with Crippen molar-refractivity contribution < 1.29 is 19.1 Å². The Morgan fingerprint density at radius 3 is 2.81 bits per heavy atom. The molecule has 0 radical (unpaired) electrons. The van der Waals surface area contributed by atoms with Crippen LogP contribution in [0.5, 0.6) is 5.75 Å². The zero-order valence-corrected chi connectivity index (χ0v) is 13.5. The number of carbonyl (C=O) groups is 1. The fourth-order valence-electron chi connectivity index (χ4n) is 1.76. The van der Waals surface area contributed by atoms with E-state index in [0.717, 1.165) is 4.47 Å². The number of nitrogens with zero attached hydrogens (tertiary/aromatic N) is 1. The van der Waals surface area contributed by atoms with Gasteiger partial charge < -0.3 is 14.3 Å². The topological polar surface area (TPSA) is 72.0 Å². The van der Waals surface area contributed by atoms with E-state index in [1.165, 1.54) is 12.3 Å². The zero-order valence-electron chi connectivity index (χ0n) is 10.3. The van der Waals surface area contributed by atoms with Gasteiger partial charge in [-0.1, -0.05) is 15.9 Å². The molecular weight excluding hydrogens is 406 g/mol. The first-order chi connectivity index (χ1) is 10.0. The predicted molar refractivity (Wildman–Crippen MR) is 82.8 cm³/mol. The number of aromatic hydroxyl groups is 1. The lowest BCUT2D eigenvalue weighted by Crippen LogP contribution is -2.04. The van der Waals surface area contributed by atoms with Crippen LogP contribution < -0.4 is 0 Å². The molecule has 0 amide bonds. The van der Waals surface area contributed by atoms with E-state index in [-0.39, 0.29) is 17.3 Å². The van der Waals surface area contributed by atoms with E-state index >= 15 is 0 Å². The van der Waals surface area contributed by atoms with Crippen molar-refractivity contribution in [2.75, 3.05) is 0 Å². The number of phenolic OH excluding ortho intramolecular Hbond substituents is 1. The number of benzene rings is 1. The number of phenols is 1. The lowest BCUT2D eigenvalue weighted by Gasteiger charge is -2.03. The number of halogens is 2. The maximum absolute atomic E-state index is 11.8. The van der Waals surface area contributed by atoms with Crippen LogP contribution in [0.1, 0.15) is 11.3 Å². The highest BCUT2D eigenvalue weighted by Gasteiger charge is 2.26. The summed E-state index contributed by atoms with van der Waals surface area (Å²) >= 11 is 6.55. The van der Waals surface area contributed by atoms with Gasteiger partial charge in [-0.2, -0.15) is 0 Å². The van der Waals surface area contributed by atoms with E-state index in [1.54, 1.807) is 24.3 Å². The molecule has 1 aliphatic heterocycles. The third kappa shape index (κ3) is 2.79. The number of ether oxygens (including phenoxy) is 1. The Labute approximate surface area is 136 Å². The number of cyclic esters (lactones) is 1. The first-order valence-electron chi connectivity index (χ1n) is 5.79. The van der Waals surface area contributed by atoms with Crippen molar-refractivity contribution in [3.8, 4) is 5.75 Å². The van der Waals surface area contributed by atoms with Crippen molar-refractivity contribution in [3.05, 3.63) is 56.5 Å². The van der Waals surface area contributed by atoms with Crippen molar-refractivity contribution in [1.82, 2.24) is 0 Å². The molecular formula is C14H7Br2NO4. The monoisotopic (exact) mass is 411 g/mol. The van der Waals surface area contributed by atoms with E-state index < -0.39 is 5.97 Å². The summed E-state index contributed by atoms with van der Waals surface area (Å²) in [6.45, 7) is 0. The molecule has 1 N–H and O–H groups in total. The standard InChI is InChI=1S/C14H7Br2NO4/c15-8-4-7(12(18)9(16)6-8)5-10-14(19)21-13(17-10)11-2-1-3-20-11/h1-6,18H/b10-5+. The van der Waals surface area contributed by atoms with Crippen molar-refractivity contribution >= 4 is 49.8 Å². The first kappa shape index (κ1) is 14.1. The van der Waals surface area contributed by atoms with Crippen LogP contribution in [0.25, 0.3) is 6.08 Å². The maximum atomic E-state index is 11.8. The first-order valence-corrected chi connectivity index (χ1v) is 7.37. The molecule has 0 unspecified atom stereocenters. The van der Waals surface area contributed by atoms with Crippen LogP contribution in [-0.4, -0.2) is 17.0 Å². The van der Waals surface area contributed by atoms with Gasteiger partial charge in [-0.05, 0) is 46.3 Å². The highest BCUT2D eigenvalue weighted by Crippen LogP contribution is 2.33. The van der Waals surface area contributed by atoms with Crippen LogP contribution in [0.15, 0.2) is 54.6 Å². The summed E-state index contributed by atoms with van der Waals surface area (Å²) in [6, 6.07) is 6.68. The van der Waals surface area contributed by atoms with Crippen LogP contribution in [-0.2, 0) is 9.53 Å². The minimum Gasteiger partial charge on any atom is -0.506 e. The van der Waals surface area contributed by atoms with Crippen molar-refractivity contribution in [3.63, 3.8) is 0 Å². The summed E-state index contributed by atoms with van der Waals surface area (Å²) in [6.07, 6.45) is 2.91. The zero-order chi connectivity index (χ0) is 15.0. The molecule has 21 heavy (non-hydrogen) atoms. The van der Waals surface area contributed by atoms with Gasteiger partial charge in [-0.3, -0.25) is 0 Å². The summed E-state index contributed by atoms with van der Waals surface area (Å²) in [5.74, 6) is -0.117. The molecule has 0 saturated carbocycles. The lowest BCUT2D eigenvalue weighted by atomic mass is 10.1.